The van der Waals surface area contributed by atoms with Crippen LogP contribution in [0.1, 0.15) is 41.3 Å². The average Bonchev–Trinajstić information content (AvgIpc) is 3.21. The van der Waals surface area contributed by atoms with Gasteiger partial charge in [0, 0.05) is 43.2 Å². The zero-order valence-electron chi connectivity index (χ0n) is 14.2. The number of fused-ring (bicyclic) bond motifs is 1. The zero-order valence-corrected chi connectivity index (χ0v) is 14.2. The van der Waals surface area contributed by atoms with E-state index in [2.05, 4.69) is 20.1 Å². The van der Waals surface area contributed by atoms with Crippen LogP contribution in [0.25, 0.3) is 0 Å². The minimum Gasteiger partial charge on any atom is -0.347 e. The van der Waals surface area contributed by atoms with E-state index in [0.717, 1.165) is 43.1 Å². The van der Waals surface area contributed by atoms with Crippen LogP contribution >= 0.6 is 0 Å². The number of rotatable bonds is 3. The molecule has 1 saturated heterocycles. The van der Waals surface area contributed by atoms with Gasteiger partial charge in [0.05, 0.1) is 0 Å². The fourth-order valence-corrected chi connectivity index (χ4v) is 3.58. The molecule has 1 aromatic heterocycles. The van der Waals surface area contributed by atoms with Crippen LogP contribution in [-0.4, -0.2) is 39.2 Å². The van der Waals surface area contributed by atoms with Crippen molar-refractivity contribution in [3.05, 3.63) is 41.5 Å². The Bertz CT molecular complexity index is 829. The molecule has 0 spiro atoms. The molecule has 0 radical (unpaired) electrons. The molecule has 0 aliphatic carbocycles. The highest BCUT2D eigenvalue weighted by Crippen LogP contribution is 2.22. The van der Waals surface area contributed by atoms with Gasteiger partial charge >= 0.3 is 0 Å². The summed E-state index contributed by atoms with van der Waals surface area (Å²) in [6, 6.07) is 7.37. The first-order valence-corrected chi connectivity index (χ1v) is 8.72. The van der Waals surface area contributed by atoms with Crippen molar-refractivity contribution in [1.29, 1.82) is 0 Å². The lowest BCUT2D eigenvalue weighted by molar-refractivity contribution is -0.117. The second-order valence-corrected chi connectivity index (χ2v) is 6.68. The van der Waals surface area contributed by atoms with Gasteiger partial charge in [-0.05, 0) is 38.0 Å². The highest BCUT2D eigenvalue weighted by atomic mass is 16.2. The van der Waals surface area contributed by atoms with Gasteiger partial charge in [-0.3, -0.25) is 9.59 Å². The third-order valence-electron chi connectivity index (χ3n) is 4.96. The van der Waals surface area contributed by atoms with E-state index in [-0.39, 0.29) is 17.9 Å². The van der Waals surface area contributed by atoms with E-state index < -0.39 is 0 Å². The molecule has 0 bridgehead atoms. The zero-order chi connectivity index (χ0) is 17.4. The molecule has 3 heterocycles. The molecule has 7 heteroatoms. The number of nitrogens with zero attached hydrogens (tertiary/aromatic N) is 4. The summed E-state index contributed by atoms with van der Waals surface area (Å²) >= 11 is 0. The molecule has 1 fully saturated rings. The van der Waals surface area contributed by atoms with Gasteiger partial charge in [-0.25, -0.2) is 0 Å². The van der Waals surface area contributed by atoms with Crippen molar-refractivity contribution >= 4 is 17.5 Å². The number of carbonyl (C=O) groups excluding carboxylic acids is 2. The van der Waals surface area contributed by atoms with Crippen molar-refractivity contribution in [1.82, 2.24) is 20.1 Å². The minimum absolute atomic E-state index is 0.0618. The van der Waals surface area contributed by atoms with Crippen LogP contribution in [0, 0.1) is 6.92 Å². The Morgan fingerprint density at radius 3 is 2.96 bits per heavy atom. The SMILES string of the molecule is Cc1nnc2n1C[C@H](NC(=O)c1cccc(N3CCCC3=O)c1)CC2. The maximum Gasteiger partial charge on any atom is 0.251 e. The molecular formula is C18H21N5O2. The summed E-state index contributed by atoms with van der Waals surface area (Å²) in [6.07, 6.45) is 3.12. The summed E-state index contributed by atoms with van der Waals surface area (Å²) in [5.74, 6) is 1.88. The number of hydrogen-bond acceptors (Lipinski definition) is 4. The summed E-state index contributed by atoms with van der Waals surface area (Å²) in [4.78, 5) is 26.3. The molecule has 2 aliphatic heterocycles. The highest BCUT2D eigenvalue weighted by Gasteiger charge is 2.25. The lowest BCUT2D eigenvalue weighted by Crippen LogP contribution is -2.41. The van der Waals surface area contributed by atoms with Crippen LogP contribution in [0.4, 0.5) is 5.69 Å². The van der Waals surface area contributed by atoms with E-state index in [1.807, 2.05) is 19.1 Å². The smallest absolute Gasteiger partial charge is 0.251 e. The van der Waals surface area contributed by atoms with E-state index in [4.69, 9.17) is 0 Å². The summed E-state index contributed by atoms with van der Waals surface area (Å²) < 4.78 is 2.06. The molecule has 25 heavy (non-hydrogen) atoms. The maximum absolute atomic E-state index is 12.6. The lowest BCUT2D eigenvalue weighted by Gasteiger charge is -2.25. The van der Waals surface area contributed by atoms with E-state index in [1.165, 1.54) is 0 Å². The average molecular weight is 339 g/mol. The van der Waals surface area contributed by atoms with Crippen molar-refractivity contribution in [3.8, 4) is 0 Å². The number of benzene rings is 1. The molecule has 1 atom stereocenters. The number of amides is 2. The standard InChI is InChI=1S/C18H21N5O2/c1-12-20-21-16-8-7-14(11-23(12)16)19-18(25)13-4-2-5-15(10-13)22-9-3-6-17(22)24/h2,4-5,10,14H,3,6-9,11H2,1H3,(H,19,25)/t14-/m1/s1. The van der Waals surface area contributed by atoms with Crippen molar-refractivity contribution in [2.75, 3.05) is 11.4 Å². The topological polar surface area (TPSA) is 80.1 Å². The molecule has 130 valence electrons. The summed E-state index contributed by atoms with van der Waals surface area (Å²) in [5, 5.41) is 11.4. The molecule has 2 aromatic rings. The quantitative estimate of drug-likeness (QED) is 0.918. The number of hydrogen-bond donors (Lipinski definition) is 1. The Kier molecular flexibility index (Phi) is 3.99. The molecule has 4 rings (SSSR count). The Balaban J connectivity index is 1.47. The fourth-order valence-electron chi connectivity index (χ4n) is 3.58. The molecule has 1 aromatic carbocycles. The lowest BCUT2D eigenvalue weighted by atomic mass is 10.1. The molecular weight excluding hydrogens is 318 g/mol. The van der Waals surface area contributed by atoms with Gasteiger partial charge in [0.25, 0.3) is 5.91 Å². The second-order valence-electron chi connectivity index (χ2n) is 6.68. The van der Waals surface area contributed by atoms with Crippen LogP contribution in [0.5, 0.6) is 0 Å². The van der Waals surface area contributed by atoms with Gasteiger partial charge in [-0.15, -0.1) is 10.2 Å². The van der Waals surface area contributed by atoms with Crippen LogP contribution in [0.15, 0.2) is 24.3 Å². The summed E-state index contributed by atoms with van der Waals surface area (Å²) in [6.45, 7) is 3.35. The molecule has 0 unspecified atom stereocenters. The van der Waals surface area contributed by atoms with Gasteiger partial charge in [0.1, 0.15) is 11.6 Å². The van der Waals surface area contributed by atoms with Gasteiger partial charge in [-0.1, -0.05) is 6.07 Å². The third kappa shape index (κ3) is 3.01. The van der Waals surface area contributed by atoms with Crippen LogP contribution in [0.3, 0.4) is 0 Å². The van der Waals surface area contributed by atoms with Crippen molar-refractivity contribution in [3.63, 3.8) is 0 Å². The number of aryl methyl sites for hydroxylation is 2. The first-order chi connectivity index (χ1) is 12.1. The predicted molar refractivity (Wildman–Crippen MR) is 92.4 cm³/mol. The number of nitrogens with one attached hydrogen (secondary N) is 1. The largest absolute Gasteiger partial charge is 0.347 e. The van der Waals surface area contributed by atoms with Crippen molar-refractivity contribution in [2.45, 2.75) is 45.2 Å². The van der Waals surface area contributed by atoms with E-state index >= 15 is 0 Å². The fraction of sp³-hybridized carbons (Fsp3) is 0.444. The Labute approximate surface area is 146 Å². The molecule has 1 N–H and O–H groups in total. The van der Waals surface area contributed by atoms with Crippen LogP contribution in [0.2, 0.25) is 0 Å². The molecule has 2 aliphatic rings. The minimum atomic E-state index is -0.104. The normalized spacial score (nSPS) is 19.8. The molecule has 7 nitrogen and oxygen atoms in total. The highest BCUT2D eigenvalue weighted by molar-refractivity contribution is 5.99. The van der Waals surface area contributed by atoms with Gasteiger partial charge in [0.15, 0.2) is 0 Å². The van der Waals surface area contributed by atoms with E-state index in [9.17, 15) is 9.59 Å². The van der Waals surface area contributed by atoms with E-state index in [0.29, 0.717) is 18.5 Å². The Hall–Kier alpha value is -2.70. The van der Waals surface area contributed by atoms with Gasteiger partial charge < -0.3 is 14.8 Å². The maximum atomic E-state index is 12.6. The predicted octanol–water partition coefficient (Wildman–Crippen LogP) is 1.46. The summed E-state index contributed by atoms with van der Waals surface area (Å²) in [5.41, 5.74) is 1.39. The van der Waals surface area contributed by atoms with Crippen molar-refractivity contribution in [2.24, 2.45) is 0 Å². The van der Waals surface area contributed by atoms with Crippen molar-refractivity contribution < 1.29 is 9.59 Å². The number of aromatic nitrogens is 3. The third-order valence-corrected chi connectivity index (χ3v) is 4.96. The molecule has 0 saturated carbocycles. The van der Waals surface area contributed by atoms with Gasteiger partial charge in [-0.2, -0.15) is 0 Å². The Morgan fingerprint density at radius 2 is 2.16 bits per heavy atom. The van der Waals surface area contributed by atoms with Crippen LogP contribution in [-0.2, 0) is 17.8 Å². The Morgan fingerprint density at radius 1 is 1.28 bits per heavy atom. The number of anilines is 1. The van der Waals surface area contributed by atoms with Gasteiger partial charge in [0.2, 0.25) is 5.91 Å². The summed E-state index contributed by atoms with van der Waals surface area (Å²) in [7, 11) is 0. The first kappa shape index (κ1) is 15.8. The number of carbonyl (C=O) groups is 2. The van der Waals surface area contributed by atoms with Crippen LogP contribution < -0.4 is 10.2 Å². The monoisotopic (exact) mass is 339 g/mol. The first-order valence-electron chi connectivity index (χ1n) is 8.72. The van der Waals surface area contributed by atoms with E-state index in [1.54, 1.807) is 17.0 Å². The second kappa shape index (κ2) is 6.31. The molecule has 2 amide bonds.